The van der Waals surface area contributed by atoms with Crippen molar-refractivity contribution in [3.63, 3.8) is 0 Å². The van der Waals surface area contributed by atoms with Crippen LogP contribution < -0.4 is 18.9 Å². The maximum absolute atomic E-state index is 5.32. The summed E-state index contributed by atoms with van der Waals surface area (Å²) in [7, 11) is 0. The third-order valence-electron chi connectivity index (χ3n) is 1.93. The normalized spacial score (nSPS) is 11.6. The Morgan fingerprint density at radius 1 is 1.27 bits per heavy atom. The topological polar surface area (TPSA) is 0 Å². The van der Waals surface area contributed by atoms with E-state index in [1.807, 2.05) is 0 Å². The van der Waals surface area contributed by atoms with Crippen LogP contribution >= 0.6 is 0 Å². The van der Waals surface area contributed by atoms with Crippen LogP contribution in [-0.4, -0.2) is 15.0 Å². The van der Waals surface area contributed by atoms with E-state index in [0.29, 0.717) is 15.0 Å². The molecule has 0 aliphatic carbocycles. The molecule has 0 N–H and O–H groups in total. The number of allylic oxidation sites excluding steroid dienone is 1. The first-order valence-electron chi connectivity index (χ1n) is 5.66. The third-order valence-corrected chi connectivity index (χ3v) is 5.40. The van der Waals surface area contributed by atoms with Crippen LogP contribution in [0.2, 0.25) is 5.32 Å². The Kier molecular flexibility index (Phi) is 16.2. The number of unbranched alkanes of at least 4 members (excludes halogenated alkanes) is 4. The smallest absolute Gasteiger partial charge is 1.00 e. The molecule has 0 aliphatic heterocycles. The van der Waals surface area contributed by atoms with Gasteiger partial charge in [-0.15, -0.1) is 0 Å². The molecule has 0 aromatic heterocycles. The summed E-state index contributed by atoms with van der Waals surface area (Å²) in [6.07, 6.45) is 8.88. The molecule has 0 unspecified atom stereocenters. The standard InChI is InChI=1S/C12H24SSe.Li/c1-4-5-6-7-8-9-12(13)14-10-11(2)3;/h9,11,13H,4-8,10H2,1-3H3;/q;+1/p-1/b12-9-;. The quantitative estimate of drug-likeness (QED) is 0.366. The van der Waals surface area contributed by atoms with Crippen molar-refractivity contribution < 1.29 is 18.9 Å². The van der Waals surface area contributed by atoms with Crippen molar-refractivity contribution in [2.45, 2.75) is 58.2 Å². The number of rotatable bonds is 8. The molecule has 0 bridgehead atoms. The summed E-state index contributed by atoms with van der Waals surface area (Å²) in [5.74, 6) is 0.807. The first-order valence-corrected chi connectivity index (χ1v) is 8.14. The van der Waals surface area contributed by atoms with Gasteiger partial charge in [-0.2, -0.15) is 0 Å². The SMILES string of the molecule is CCCCCC/C=C(/[S-])[Se]CC(C)C.[Li+]. The van der Waals surface area contributed by atoms with Crippen molar-refractivity contribution in [1.82, 2.24) is 0 Å². The summed E-state index contributed by atoms with van der Waals surface area (Å²) in [4.78, 5) is 0. The first-order chi connectivity index (χ1) is 6.66. The molecule has 0 rings (SSSR count). The molecule has 0 saturated heterocycles. The van der Waals surface area contributed by atoms with Crippen molar-refractivity contribution in [2.24, 2.45) is 5.92 Å². The van der Waals surface area contributed by atoms with Gasteiger partial charge in [0.15, 0.2) is 0 Å². The average Bonchev–Trinajstić information content (AvgIpc) is 2.14. The van der Waals surface area contributed by atoms with Crippen LogP contribution in [-0.2, 0) is 12.6 Å². The van der Waals surface area contributed by atoms with Crippen LogP contribution in [0.25, 0.3) is 0 Å². The molecule has 0 atom stereocenters. The van der Waals surface area contributed by atoms with Crippen LogP contribution in [0.3, 0.4) is 0 Å². The molecule has 3 heteroatoms. The van der Waals surface area contributed by atoms with Gasteiger partial charge in [0, 0.05) is 0 Å². The van der Waals surface area contributed by atoms with E-state index in [0.717, 1.165) is 5.92 Å². The van der Waals surface area contributed by atoms with Gasteiger partial charge in [0.2, 0.25) is 0 Å². The van der Waals surface area contributed by atoms with Crippen molar-refractivity contribution in [3.05, 3.63) is 9.88 Å². The van der Waals surface area contributed by atoms with E-state index >= 15 is 0 Å². The zero-order valence-corrected chi connectivity index (χ0v) is 13.2. The fourth-order valence-corrected chi connectivity index (χ4v) is 3.11. The van der Waals surface area contributed by atoms with E-state index in [-0.39, 0.29) is 18.9 Å². The van der Waals surface area contributed by atoms with E-state index in [4.69, 9.17) is 12.6 Å². The van der Waals surface area contributed by atoms with Crippen molar-refractivity contribution in [3.8, 4) is 0 Å². The Morgan fingerprint density at radius 3 is 2.47 bits per heavy atom. The Labute approximate surface area is 120 Å². The van der Waals surface area contributed by atoms with Gasteiger partial charge in [-0.25, -0.2) is 0 Å². The van der Waals surface area contributed by atoms with Gasteiger partial charge in [0.05, 0.1) is 0 Å². The monoisotopic (exact) mass is 286 g/mol. The van der Waals surface area contributed by atoms with Gasteiger partial charge < -0.3 is 0 Å². The van der Waals surface area contributed by atoms with E-state index in [1.165, 1.54) is 41.2 Å². The van der Waals surface area contributed by atoms with Crippen LogP contribution in [0.1, 0.15) is 52.9 Å². The number of hydrogen-bond acceptors (Lipinski definition) is 1. The largest absolute Gasteiger partial charge is 1.00 e. The van der Waals surface area contributed by atoms with E-state index < -0.39 is 0 Å². The second-order valence-electron chi connectivity index (χ2n) is 4.08. The third kappa shape index (κ3) is 15.1. The maximum Gasteiger partial charge on any atom is 1.00 e. The van der Waals surface area contributed by atoms with Gasteiger partial charge in [-0.05, 0) is 0 Å². The molecule has 84 valence electrons. The molecule has 0 fully saturated rings. The zero-order chi connectivity index (χ0) is 10.8. The molecule has 0 nitrogen and oxygen atoms in total. The predicted molar refractivity (Wildman–Crippen MR) is 69.6 cm³/mol. The molecule has 15 heavy (non-hydrogen) atoms. The molecule has 0 aromatic rings. The molecule has 0 aromatic carbocycles. The van der Waals surface area contributed by atoms with Gasteiger partial charge >= 0.3 is 120 Å². The molecule has 0 saturated carbocycles. The predicted octanol–water partition coefficient (Wildman–Crippen LogP) is 1.13. The average molecular weight is 285 g/mol. The van der Waals surface area contributed by atoms with Gasteiger partial charge in [0.25, 0.3) is 0 Å². The molecule has 0 radical (unpaired) electrons. The van der Waals surface area contributed by atoms with Crippen molar-refractivity contribution in [2.75, 3.05) is 0 Å². The van der Waals surface area contributed by atoms with Crippen LogP contribution in [0.15, 0.2) is 9.88 Å². The van der Waals surface area contributed by atoms with E-state index in [2.05, 4.69) is 26.8 Å². The zero-order valence-electron chi connectivity index (χ0n) is 10.7. The molecule has 0 spiro atoms. The summed E-state index contributed by atoms with van der Waals surface area (Å²) in [5, 5.41) is 1.30. The summed E-state index contributed by atoms with van der Waals surface area (Å²) in [6, 6.07) is 0. The fourth-order valence-electron chi connectivity index (χ4n) is 1.10. The summed E-state index contributed by atoms with van der Waals surface area (Å²) in [5.41, 5.74) is 0. The Bertz CT molecular complexity index is 158. The van der Waals surface area contributed by atoms with Crippen LogP contribution in [0.4, 0.5) is 0 Å². The second kappa shape index (κ2) is 13.1. The number of hydrogen-bond donors (Lipinski definition) is 0. The van der Waals surface area contributed by atoms with Gasteiger partial charge in [-0.1, -0.05) is 0 Å². The summed E-state index contributed by atoms with van der Waals surface area (Å²) < 4.78 is 1.24. The van der Waals surface area contributed by atoms with Crippen LogP contribution in [0, 0.1) is 5.92 Å². The molecular weight excluding hydrogens is 262 g/mol. The molecule has 0 amide bonds. The van der Waals surface area contributed by atoms with E-state index in [9.17, 15) is 0 Å². The minimum Gasteiger partial charge on any atom is 1.00 e. The van der Waals surface area contributed by atoms with Gasteiger partial charge in [0.1, 0.15) is 0 Å². The Balaban J connectivity index is 0. The van der Waals surface area contributed by atoms with Crippen LogP contribution in [0.5, 0.6) is 0 Å². The summed E-state index contributed by atoms with van der Waals surface area (Å²) >= 11 is 5.90. The minimum absolute atomic E-state index is 0. The van der Waals surface area contributed by atoms with Crippen molar-refractivity contribution in [1.29, 1.82) is 0 Å². The maximum atomic E-state index is 5.32. The molecular formula is C12H23LiSSe. The molecule has 0 heterocycles. The summed E-state index contributed by atoms with van der Waals surface area (Å²) in [6.45, 7) is 6.79. The van der Waals surface area contributed by atoms with Gasteiger partial charge in [-0.3, -0.25) is 0 Å². The molecule has 0 aliphatic rings. The first kappa shape index (κ1) is 18.4. The van der Waals surface area contributed by atoms with Crippen molar-refractivity contribution >= 4 is 27.6 Å². The van der Waals surface area contributed by atoms with E-state index in [1.54, 1.807) is 0 Å². The Hall–Kier alpha value is 1.08. The fraction of sp³-hybridized carbons (Fsp3) is 0.833. The Morgan fingerprint density at radius 2 is 1.93 bits per heavy atom. The minimum atomic E-state index is 0. The second-order valence-corrected chi connectivity index (χ2v) is 7.33.